The Bertz CT molecular complexity index is 1240. The fourth-order valence-corrected chi connectivity index (χ4v) is 5.98. The second-order valence-corrected chi connectivity index (χ2v) is 10.9. The third-order valence-electron chi connectivity index (χ3n) is 7.47. The molecule has 4 aliphatic rings. The van der Waals surface area contributed by atoms with Crippen LogP contribution >= 0.6 is 11.9 Å². The predicted molar refractivity (Wildman–Crippen MR) is 148 cm³/mol. The lowest BCUT2D eigenvalue weighted by Gasteiger charge is -2.34. The van der Waals surface area contributed by atoms with E-state index in [0.29, 0.717) is 35.1 Å². The summed E-state index contributed by atoms with van der Waals surface area (Å²) in [5.74, 6) is 3.46. The lowest BCUT2D eigenvalue weighted by Crippen LogP contribution is -2.36. The zero-order valence-electron chi connectivity index (χ0n) is 20.9. The van der Waals surface area contributed by atoms with Gasteiger partial charge in [0.25, 0.3) is 5.89 Å². The molecule has 4 aliphatic heterocycles. The van der Waals surface area contributed by atoms with Crippen LogP contribution in [0.5, 0.6) is 0 Å². The summed E-state index contributed by atoms with van der Waals surface area (Å²) in [6, 6.07) is 8.05. The highest BCUT2D eigenvalue weighted by Crippen LogP contribution is 2.37. The molecule has 2 aromatic heterocycles. The van der Waals surface area contributed by atoms with E-state index in [-0.39, 0.29) is 6.61 Å². The normalized spacial score (nSPS) is 22.2. The van der Waals surface area contributed by atoms with Gasteiger partial charge in [-0.05, 0) is 68.2 Å². The molecular weight excluding hydrogens is 486 g/mol. The van der Waals surface area contributed by atoms with Gasteiger partial charge in [-0.1, -0.05) is 24.1 Å². The van der Waals surface area contributed by atoms with Crippen molar-refractivity contribution in [3.63, 3.8) is 0 Å². The molecule has 2 saturated heterocycles. The van der Waals surface area contributed by atoms with Gasteiger partial charge in [0.1, 0.15) is 5.69 Å². The third-order valence-corrected chi connectivity index (χ3v) is 8.24. The third kappa shape index (κ3) is 5.45. The predicted octanol–water partition coefficient (Wildman–Crippen LogP) is 4.64. The zero-order valence-corrected chi connectivity index (χ0v) is 21.7. The molecule has 0 aliphatic carbocycles. The van der Waals surface area contributed by atoms with Crippen LogP contribution < -0.4 is 14.5 Å². The highest BCUT2D eigenvalue weighted by molar-refractivity contribution is 8.00. The molecule has 1 aromatic carbocycles. The fourth-order valence-electron chi connectivity index (χ4n) is 5.49. The average molecular weight is 520 g/mol. The van der Waals surface area contributed by atoms with Crippen LogP contribution in [0.25, 0.3) is 23.0 Å². The largest absolute Gasteiger partial charge is 0.415 e. The smallest absolute Gasteiger partial charge is 0.266 e. The minimum atomic E-state index is 0.137. The molecule has 8 bridgehead atoms. The van der Waals surface area contributed by atoms with Gasteiger partial charge in [-0.25, -0.2) is 9.97 Å². The van der Waals surface area contributed by atoms with Crippen LogP contribution in [-0.4, -0.2) is 63.8 Å². The van der Waals surface area contributed by atoms with Gasteiger partial charge < -0.3 is 24.0 Å². The summed E-state index contributed by atoms with van der Waals surface area (Å²) < 4.78 is 9.56. The molecule has 2 N–H and O–H groups in total. The number of aromatic nitrogens is 4. The summed E-state index contributed by atoms with van der Waals surface area (Å²) in [7, 11) is 0. The quantitative estimate of drug-likeness (QED) is 0.288. The number of nitrogens with zero attached hydrogens (tertiary/aromatic N) is 6. The molecule has 37 heavy (non-hydrogen) atoms. The Balaban J connectivity index is 1.38. The molecule has 194 valence electrons. The first-order chi connectivity index (χ1) is 18.3. The minimum absolute atomic E-state index is 0.137. The lowest BCUT2D eigenvalue weighted by atomic mass is 9.91. The number of benzene rings is 1. The number of hydrogen-bond acceptors (Lipinski definition) is 10. The van der Waals surface area contributed by atoms with Crippen molar-refractivity contribution < 1.29 is 9.52 Å². The Morgan fingerprint density at radius 3 is 2.84 bits per heavy atom. The van der Waals surface area contributed by atoms with Crippen molar-refractivity contribution in [3.05, 3.63) is 42.6 Å². The van der Waals surface area contributed by atoms with Gasteiger partial charge in [-0.15, -0.1) is 10.2 Å². The molecule has 10 heteroatoms. The number of nitrogens with one attached hydrogen (secondary N) is 1. The Labute approximate surface area is 221 Å². The molecule has 1 unspecified atom stereocenters. The maximum atomic E-state index is 9.15. The second kappa shape index (κ2) is 11.1. The van der Waals surface area contributed by atoms with Crippen LogP contribution in [0.3, 0.4) is 0 Å². The number of piperidine rings is 2. The SMILES string of the molecule is OCCSNc1ccc2c(c1)N1CCC(C/C=C\C3CCCN(C3)c3nccc(n3)-c3nnc-2o3)CC1. The van der Waals surface area contributed by atoms with E-state index in [1.54, 1.807) is 6.20 Å². The van der Waals surface area contributed by atoms with Crippen LogP contribution in [0, 0.1) is 11.8 Å². The average Bonchev–Trinajstić information content (AvgIpc) is 3.44. The van der Waals surface area contributed by atoms with Crippen molar-refractivity contribution >= 4 is 29.3 Å². The van der Waals surface area contributed by atoms with Crippen LogP contribution in [0.2, 0.25) is 0 Å². The van der Waals surface area contributed by atoms with E-state index in [9.17, 15) is 0 Å². The van der Waals surface area contributed by atoms with Crippen molar-refractivity contribution in [2.75, 3.05) is 53.1 Å². The Hall–Kier alpha value is -3.11. The van der Waals surface area contributed by atoms with E-state index in [1.165, 1.54) is 18.4 Å². The fraction of sp³-hybridized carbons (Fsp3) is 0.481. The first-order valence-corrected chi connectivity index (χ1v) is 14.2. The van der Waals surface area contributed by atoms with E-state index >= 15 is 0 Å². The summed E-state index contributed by atoms with van der Waals surface area (Å²) in [5, 5.41) is 17.9. The molecule has 9 nitrogen and oxygen atoms in total. The van der Waals surface area contributed by atoms with E-state index in [1.807, 2.05) is 18.2 Å². The Morgan fingerprint density at radius 2 is 1.95 bits per heavy atom. The van der Waals surface area contributed by atoms with Crippen molar-refractivity contribution in [1.82, 2.24) is 20.2 Å². The van der Waals surface area contributed by atoms with Crippen molar-refractivity contribution in [2.45, 2.75) is 32.1 Å². The molecular formula is C27H33N7O2S. The lowest BCUT2D eigenvalue weighted by molar-refractivity contribution is 0.322. The van der Waals surface area contributed by atoms with Gasteiger partial charge in [-0.2, -0.15) is 0 Å². The standard InChI is InChI=1S/C27H33N7O2S/c35-15-16-37-32-21-6-7-22-24(17-21)33-13-9-19(10-14-33)3-1-4-20-5-2-12-34(18-20)27-28-11-8-23(29-27)26-31-30-25(22)36-26/h1,4,6-8,11,17,19-20,32,35H,2-3,5,9-10,12-16,18H2/b4-1-. The van der Waals surface area contributed by atoms with E-state index in [4.69, 9.17) is 14.5 Å². The summed E-state index contributed by atoms with van der Waals surface area (Å²) in [6.07, 6.45) is 12.4. The minimum Gasteiger partial charge on any atom is -0.415 e. The summed E-state index contributed by atoms with van der Waals surface area (Å²) >= 11 is 1.49. The Kier molecular flexibility index (Phi) is 7.27. The first-order valence-electron chi connectivity index (χ1n) is 13.2. The summed E-state index contributed by atoms with van der Waals surface area (Å²) in [4.78, 5) is 14.1. The van der Waals surface area contributed by atoms with Gasteiger partial charge in [0.15, 0.2) is 0 Å². The molecule has 0 radical (unpaired) electrons. The number of rotatable bonds is 4. The molecule has 1 atom stereocenters. The zero-order chi connectivity index (χ0) is 25.0. The highest BCUT2D eigenvalue weighted by atomic mass is 32.2. The molecule has 0 saturated carbocycles. The molecule has 0 amide bonds. The van der Waals surface area contributed by atoms with E-state index < -0.39 is 0 Å². The molecule has 0 spiro atoms. The molecule has 7 rings (SSSR count). The Morgan fingerprint density at radius 1 is 1.05 bits per heavy atom. The first kappa shape index (κ1) is 24.2. The van der Waals surface area contributed by atoms with E-state index in [2.05, 4.69) is 47.9 Å². The maximum absolute atomic E-state index is 9.15. The summed E-state index contributed by atoms with van der Waals surface area (Å²) in [5.41, 5.74) is 3.64. The molecule has 6 heterocycles. The van der Waals surface area contributed by atoms with Gasteiger partial charge >= 0.3 is 0 Å². The van der Waals surface area contributed by atoms with Crippen LogP contribution in [0.1, 0.15) is 32.1 Å². The number of anilines is 3. The maximum Gasteiger partial charge on any atom is 0.266 e. The number of hydrogen-bond donors (Lipinski definition) is 2. The second-order valence-electron chi connectivity index (χ2n) is 10.0. The number of fused-ring (bicyclic) bond motifs is 3. The van der Waals surface area contributed by atoms with Crippen molar-refractivity contribution in [3.8, 4) is 23.0 Å². The van der Waals surface area contributed by atoms with Gasteiger partial charge in [0.2, 0.25) is 11.8 Å². The van der Waals surface area contributed by atoms with Crippen LogP contribution in [0.15, 0.2) is 47.0 Å². The van der Waals surface area contributed by atoms with Crippen molar-refractivity contribution in [2.24, 2.45) is 11.8 Å². The summed E-state index contributed by atoms with van der Waals surface area (Å²) in [6.45, 7) is 4.02. The van der Waals surface area contributed by atoms with Gasteiger partial charge in [0, 0.05) is 43.8 Å². The number of aliphatic hydroxyl groups excluding tert-OH is 1. The topological polar surface area (TPSA) is 103 Å². The van der Waals surface area contributed by atoms with Crippen LogP contribution in [0.4, 0.5) is 17.3 Å². The molecule has 3 aromatic rings. The number of allylic oxidation sites excluding steroid dienone is 1. The number of aliphatic hydroxyl groups is 1. The van der Waals surface area contributed by atoms with Gasteiger partial charge in [-0.3, -0.25) is 0 Å². The van der Waals surface area contributed by atoms with Crippen LogP contribution in [-0.2, 0) is 0 Å². The van der Waals surface area contributed by atoms with Crippen molar-refractivity contribution in [1.29, 1.82) is 0 Å². The van der Waals surface area contributed by atoms with E-state index in [0.717, 1.165) is 74.7 Å². The molecule has 2 fully saturated rings. The monoisotopic (exact) mass is 519 g/mol. The highest BCUT2D eigenvalue weighted by Gasteiger charge is 2.25. The van der Waals surface area contributed by atoms with Gasteiger partial charge in [0.05, 0.1) is 17.9 Å².